The number of ether oxygens (including phenoxy) is 1. The molecule has 33 heavy (non-hydrogen) atoms. The highest BCUT2D eigenvalue weighted by Crippen LogP contribution is 2.29. The first kappa shape index (κ1) is 20.5. The van der Waals surface area contributed by atoms with Gasteiger partial charge in [-0.3, -0.25) is 9.78 Å². The normalized spacial score (nSPS) is 11.0. The minimum atomic E-state index is -0.152. The Bertz CT molecular complexity index is 1450. The lowest BCUT2D eigenvalue weighted by molar-refractivity contribution is 0.0950. The van der Waals surface area contributed by atoms with Gasteiger partial charge >= 0.3 is 0 Å². The molecule has 0 saturated heterocycles. The van der Waals surface area contributed by atoms with E-state index in [2.05, 4.69) is 15.3 Å². The second kappa shape index (κ2) is 8.63. The number of carbonyl (C=O) groups excluding carboxylic acids is 1. The minimum Gasteiger partial charge on any atom is -0.457 e. The fourth-order valence-corrected chi connectivity index (χ4v) is 3.73. The summed E-state index contributed by atoms with van der Waals surface area (Å²) in [5, 5.41) is 2.99. The lowest BCUT2D eigenvalue weighted by atomic mass is 10.1. The van der Waals surface area contributed by atoms with Crippen LogP contribution in [0.4, 0.5) is 0 Å². The van der Waals surface area contributed by atoms with Crippen molar-refractivity contribution in [1.82, 2.24) is 24.3 Å². The van der Waals surface area contributed by atoms with Crippen LogP contribution in [0.5, 0.6) is 11.5 Å². The summed E-state index contributed by atoms with van der Waals surface area (Å²) in [6, 6.07) is 15.1. The molecule has 0 aliphatic rings. The van der Waals surface area contributed by atoms with Crippen molar-refractivity contribution in [3.8, 4) is 22.8 Å². The van der Waals surface area contributed by atoms with Gasteiger partial charge in [0, 0.05) is 73.5 Å². The van der Waals surface area contributed by atoms with Gasteiger partial charge in [0.05, 0.1) is 5.69 Å². The minimum absolute atomic E-state index is 0.152. The molecule has 4 heterocycles. The van der Waals surface area contributed by atoms with Crippen LogP contribution in [0.3, 0.4) is 0 Å². The number of benzene rings is 1. The maximum atomic E-state index is 12.9. The maximum absolute atomic E-state index is 12.9. The van der Waals surface area contributed by atoms with E-state index in [0.717, 1.165) is 28.0 Å². The van der Waals surface area contributed by atoms with Crippen molar-refractivity contribution in [3.63, 3.8) is 0 Å². The number of rotatable bonds is 6. The van der Waals surface area contributed by atoms with E-state index < -0.39 is 0 Å². The zero-order valence-corrected chi connectivity index (χ0v) is 18.4. The van der Waals surface area contributed by atoms with E-state index in [9.17, 15) is 4.79 Å². The number of fused-ring (bicyclic) bond motifs is 1. The quantitative estimate of drug-likeness (QED) is 0.415. The highest BCUT2D eigenvalue weighted by Gasteiger charge is 2.14. The number of nitrogens with one attached hydrogen (secondary N) is 1. The molecule has 5 rings (SSSR count). The van der Waals surface area contributed by atoms with Gasteiger partial charge in [-0.15, -0.1) is 0 Å². The highest BCUT2D eigenvalue weighted by molar-refractivity contribution is 5.96. The lowest BCUT2D eigenvalue weighted by Crippen LogP contribution is -2.23. The Labute approximate surface area is 191 Å². The van der Waals surface area contributed by atoms with Gasteiger partial charge in [-0.25, -0.2) is 4.98 Å². The van der Waals surface area contributed by atoms with E-state index in [1.165, 1.54) is 0 Å². The summed E-state index contributed by atoms with van der Waals surface area (Å²) in [5.74, 6) is 1.14. The molecular weight excluding hydrogens is 414 g/mol. The van der Waals surface area contributed by atoms with E-state index >= 15 is 0 Å². The molecule has 0 radical (unpaired) electrons. The van der Waals surface area contributed by atoms with E-state index in [1.54, 1.807) is 18.5 Å². The summed E-state index contributed by atoms with van der Waals surface area (Å²) < 4.78 is 10.0. The number of amides is 1. The molecule has 0 aliphatic heterocycles. The maximum Gasteiger partial charge on any atom is 0.251 e. The van der Waals surface area contributed by atoms with E-state index in [0.29, 0.717) is 23.6 Å². The molecule has 4 aromatic heterocycles. The third-order valence-electron chi connectivity index (χ3n) is 5.53. The van der Waals surface area contributed by atoms with Crippen LogP contribution in [-0.4, -0.2) is 24.8 Å². The summed E-state index contributed by atoms with van der Waals surface area (Å²) >= 11 is 0. The average molecular weight is 438 g/mol. The Hall–Kier alpha value is -4.39. The lowest BCUT2D eigenvalue weighted by Gasteiger charge is -2.13. The largest absolute Gasteiger partial charge is 0.457 e. The molecule has 0 aliphatic carbocycles. The summed E-state index contributed by atoms with van der Waals surface area (Å²) in [6.45, 7) is 2.30. The number of hydrogen-bond donors (Lipinski definition) is 1. The van der Waals surface area contributed by atoms with Gasteiger partial charge in [0.1, 0.15) is 17.1 Å². The van der Waals surface area contributed by atoms with Gasteiger partial charge in [-0.2, -0.15) is 0 Å². The summed E-state index contributed by atoms with van der Waals surface area (Å²) in [6.07, 6.45) is 11.3. The van der Waals surface area contributed by atoms with Crippen LogP contribution in [-0.2, 0) is 13.6 Å². The van der Waals surface area contributed by atoms with Gasteiger partial charge in [0.2, 0.25) is 0 Å². The van der Waals surface area contributed by atoms with Crippen LogP contribution in [0.1, 0.15) is 21.5 Å². The first-order valence-corrected chi connectivity index (χ1v) is 10.6. The Morgan fingerprint density at radius 2 is 1.94 bits per heavy atom. The predicted molar refractivity (Wildman–Crippen MR) is 126 cm³/mol. The molecule has 164 valence electrons. The van der Waals surface area contributed by atoms with Crippen molar-refractivity contribution in [2.45, 2.75) is 13.5 Å². The van der Waals surface area contributed by atoms with Crippen molar-refractivity contribution >= 4 is 11.6 Å². The topological polar surface area (TPSA) is 73.5 Å². The zero-order chi connectivity index (χ0) is 22.8. The van der Waals surface area contributed by atoms with Crippen molar-refractivity contribution in [3.05, 3.63) is 102 Å². The molecule has 5 aromatic rings. The third-order valence-corrected chi connectivity index (χ3v) is 5.53. The van der Waals surface area contributed by atoms with Crippen molar-refractivity contribution in [2.24, 2.45) is 7.05 Å². The monoisotopic (exact) mass is 437 g/mol. The summed E-state index contributed by atoms with van der Waals surface area (Å²) in [7, 11) is 1.97. The first-order chi connectivity index (χ1) is 16.1. The Balaban J connectivity index is 1.31. The van der Waals surface area contributed by atoms with Crippen LogP contribution in [0.25, 0.3) is 16.9 Å². The molecule has 0 saturated carbocycles. The molecule has 0 unspecified atom stereocenters. The van der Waals surface area contributed by atoms with E-state index in [-0.39, 0.29) is 5.91 Å². The first-order valence-electron chi connectivity index (χ1n) is 10.6. The second-order valence-electron chi connectivity index (χ2n) is 7.88. The van der Waals surface area contributed by atoms with Crippen molar-refractivity contribution in [1.29, 1.82) is 0 Å². The van der Waals surface area contributed by atoms with Crippen molar-refractivity contribution < 1.29 is 9.53 Å². The molecule has 0 spiro atoms. The fraction of sp³-hybridized carbons (Fsp3) is 0.115. The average Bonchev–Trinajstić information content (AvgIpc) is 3.47. The molecular formula is C26H23N5O2. The Kier molecular flexibility index (Phi) is 5.36. The molecule has 1 N–H and O–H groups in total. The second-order valence-corrected chi connectivity index (χ2v) is 7.88. The van der Waals surface area contributed by atoms with Crippen molar-refractivity contribution in [2.75, 3.05) is 0 Å². The number of aryl methyl sites for hydroxylation is 1. The van der Waals surface area contributed by atoms with Gasteiger partial charge in [0.15, 0.2) is 0 Å². The molecule has 0 fully saturated rings. The Morgan fingerprint density at radius 1 is 1.03 bits per heavy atom. The molecule has 7 heteroatoms. The number of pyridine rings is 2. The molecule has 1 aromatic carbocycles. The van der Waals surface area contributed by atoms with Crippen LogP contribution < -0.4 is 10.1 Å². The van der Waals surface area contributed by atoms with E-state index in [4.69, 9.17) is 4.74 Å². The summed E-state index contributed by atoms with van der Waals surface area (Å²) in [4.78, 5) is 21.6. The van der Waals surface area contributed by atoms with E-state index in [1.807, 2.05) is 90.2 Å². The predicted octanol–water partition coefficient (Wildman–Crippen LogP) is 4.77. The zero-order valence-electron chi connectivity index (χ0n) is 18.4. The number of carbonyl (C=O) groups is 1. The van der Waals surface area contributed by atoms with Crippen LogP contribution in [0.2, 0.25) is 0 Å². The third kappa shape index (κ3) is 4.34. The van der Waals surface area contributed by atoms with Crippen LogP contribution >= 0.6 is 0 Å². The molecule has 1 amide bonds. The van der Waals surface area contributed by atoms with Crippen LogP contribution in [0, 0.1) is 6.92 Å². The van der Waals surface area contributed by atoms with Gasteiger partial charge < -0.3 is 19.0 Å². The summed E-state index contributed by atoms with van der Waals surface area (Å²) in [5.41, 5.74) is 5.02. The molecule has 0 atom stereocenters. The number of aromatic nitrogens is 4. The molecule has 7 nitrogen and oxygen atoms in total. The molecule has 0 bridgehead atoms. The van der Waals surface area contributed by atoms with Gasteiger partial charge in [-0.05, 0) is 48.9 Å². The standard InChI is InChI=1S/C26H23N5O2/c1-18-22(26(32)29-16-19-7-12-31-13-10-28-25(31)14-19)4-3-5-24(18)33-21-6-9-27-23(15-21)20-8-11-30(2)17-20/h3-15,17H,16H2,1-2H3,(H,29,32). The van der Waals surface area contributed by atoms with Gasteiger partial charge in [0.25, 0.3) is 5.91 Å². The number of nitrogens with zero attached hydrogens (tertiary/aromatic N) is 4. The van der Waals surface area contributed by atoms with Crippen LogP contribution in [0.15, 0.2) is 85.7 Å². The smallest absolute Gasteiger partial charge is 0.251 e. The number of hydrogen-bond acceptors (Lipinski definition) is 4. The fourth-order valence-electron chi connectivity index (χ4n) is 3.73. The SMILES string of the molecule is Cc1c(Oc2ccnc(-c3ccn(C)c3)c2)cccc1C(=O)NCc1ccn2ccnc2c1. The number of imidazole rings is 1. The highest BCUT2D eigenvalue weighted by atomic mass is 16.5. The van der Waals surface area contributed by atoms with Gasteiger partial charge in [-0.1, -0.05) is 6.07 Å². The Morgan fingerprint density at radius 3 is 2.79 bits per heavy atom.